The fourth-order valence-electron chi connectivity index (χ4n) is 3.30. The molecule has 184 valence electrons. The lowest BCUT2D eigenvalue weighted by Gasteiger charge is -2.34. The van der Waals surface area contributed by atoms with E-state index in [1.807, 2.05) is 0 Å². The molecule has 0 saturated carbocycles. The minimum absolute atomic E-state index is 0.0115. The Morgan fingerprint density at radius 1 is 1.09 bits per heavy atom. The van der Waals surface area contributed by atoms with Crippen molar-refractivity contribution in [3.05, 3.63) is 35.9 Å². The highest BCUT2D eigenvalue weighted by molar-refractivity contribution is 7.89. The Labute approximate surface area is 197 Å². The lowest BCUT2D eigenvalue weighted by molar-refractivity contribution is -0.119. The fraction of sp³-hybridized carbons (Fsp3) is 0.429. The number of ether oxygens (including phenoxy) is 4. The second-order valence-corrected chi connectivity index (χ2v) is 9.45. The van der Waals surface area contributed by atoms with Crippen molar-refractivity contribution in [2.75, 3.05) is 39.2 Å². The molecule has 2 atom stereocenters. The molecule has 1 aromatic heterocycles. The monoisotopic (exact) mass is 494 g/mol. The number of nitrogens with one attached hydrogen (secondary N) is 1. The minimum Gasteiger partial charge on any atom is -0.481 e. The van der Waals surface area contributed by atoms with Gasteiger partial charge in [-0.1, -0.05) is 6.07 Å². The average Bonchev–Trinajstić information content (AvgIpc) is 2.81. The van der Waals surface area contributed by atoms with Gasteiger partial charge >= 0.3 is 5.97 Å². The predicted octanol–water partition coefficient (Wildman–Crippen LogP) is 1.09. The fourth-order valence-corrected chi connectivity index (χ4v) is 4.94. The van der Waals surface area contributed by atoms with Gasteiger partial charge in [-0.2, -0.15) is 14.3 Å². The van der Waals surface area contributed by atoms with Gasteiger partial charge in [-0.15, -0.1) is 0 Å². The third-order valence-corrected chi connectivity index (χ3v) is 6.60. The van der Waals surface area contributed by atoms with E-state index in [1.54, 1.807) is 13.8 Å². The molecule has 0 bridgehead atoms. The van der Waals surface area contributed by atoms with E-state index in [0.29, 0.717) is 0 Å². The third kappa shape index (κ3) is 6.18. The Morgan fingerprint density at radius 2 is 1.71 bits per heavy atom. The number of amides is 1. The number of nitrogens with zero attached hydrogens (tertiary/aromatic N) is 3. The molecule has 1 aliphatic rings. The number of aromatic nitrogens is 2. The second kappa shape index (κ2) is 10.8. The summed E-state index contributed by atoms with van der Waals surface area (Å²) in [5, 5.41) is 2.37. The Balaban J connectivity index is 1.65. The molecular weight excluding hydrogens is 468 g/mol. The van der Waals surface area contributed by atoms with Crippen LogP contribution in [0.1, 0.15) is 24.2 Å². The maximum absolute atomic E-state index is 13.0. The summed E-state index contributed by atoms with van der Waals surface area (Å²) in [6.07, 6.45) is -0.502. The zero-order valence-electron chi connectivity index (χ0n) is 19.2. The molecule has 0 unspecified atom stereocenters. The van der Waals surface area contributed by atoms with Crippen molar-refractivity contribution < 1.29 is 37.0 Å². The summed E-state index contributed by atoms with van der Waals surface area (Å²) in [4.78, 5) is 32.5. The Morgan fingerprint density at radius 3 is 2.29 bits per heavy atom. The van der Waals surface area contributed by atoms with Crippen molar-refractivity contribution in [2.45, 2.75) is 31.0 Å². The molecule has 2 aromatic rings. The molecule has 34 heavy (non-hydrogen) atoms. The van der Waals surface area contributed by atoms with Crippen molar-refractivity contribution in [2.24, 2.45) is 0 Å². The number of rotatable bonds is 8. The van der Waals surface area contributed by atoms with Gasteiger partial charge in [0.2, 0.25) is 27.7 Å². The van der Waals surface area contributed by atoms with E-state index < -0.39 is 28.5 Å². The van der Waals surface area contributed by atoms with Crippen LogP contribution in [0.5, 0.6) is 11.8 Å². The lowest BCUT2D eigenvalue weighted by atomic mass is 10.2. The average molecular weight is 495 g/mol. The van der Waals surface area contributed by atoms with Crippen LogP contribution in [0.25, 0.3) is 0 Å². The summed E-state index contributed by atoms with van der Waals surface area (Å²) >= 11 is 0. The molecule has 0 radical (unpaired) electrons. The number of benzene rings is 1. The topological polar surface area (TPSA) is 146 Å². The van der Waals surface area contributed by atoms with Crippen LogP contribution >= 0.6 is 0 Å². The van der Waals surface area contributed by atoms with Gasteiger partial charge in [0.1, 0.15) is 0 Å². The van der Waals surface area contributed by atoms with E-state index in [0.717, 1.165) is 0 Å². The van der Waals surface area contributed by atoms with Gasteiger partial charge in [-0.05, 0) is 32.0 Å². The molecule has 1 fully saturated rings. The van der Waals surface area contributed by atoms with Crippen LogP contribution in [-0.4, -0.2) is 80.7 Å². The first-order valence-corrected chi connectivity index (χ1v) is 11.8. The molecule has 1 saturated heterocycles. The molecule has 1 amide bonds. The summed E-state index contributed by atoms with van der Waals surface area (Å²) in [7, 11) is -1.06. The summed E-state index contributed by atoms with van der Waals surface area (Å²) in [5.74, 6) is -1.33. The van der Waals surface area contributed by atoms with Crippen molar-refractivity contribution in [1.82, 2.24) is 14.3 Å². The molecule has 2 heterocycles. The van der Waals surface area contributed by atoms with Gasteiger partial charge in [0.05, 0.1) is 43.0 Å². The smallest absolute Gasteiger partial charge is 0.338 e. The SMILES string of the molecule is COc1cc(OC)nc(NC(=O)COC(=O)c2cccc(S(=O)(=O)N3C[C@H](C)O[C@@H](C)C3)c2)n1. The van der Waals surface area contributed by atoms with Crippen LogP contribution in [-0.2, 0) is 24.3 Å². The Hall–Kier alpha value is -3.29. The lowest BCUT2D eigenvalue weighted by Crippen LogP contribution is -2.48. The zero-order valence-corrected chi connectivity index (χ0v) is 20.0. The van der Waals surface area contributed by atoms with Crippen LogP contribution in [0.2, 0.25) is 0 Å². The summed E-state index contributed by atoms with van der Waals surface area (Å²) in [6, 6.07) is 6.88. The summed E-state index contributed by atoms with van der Waals surface area (Å²) in [6.45, 7) is 3.36. The number of carbonyl (C=O) groups is 2. The molecule has 1 aliphatic heterocycles. The largest absolute Gasteiger partial charge is 0.481 e. The quantitative estimate of drug-likeness (QED) is 0.529. The van der Waals surface area contributed by atoms with Gasteiger partial charge in [-0.25, -0.2) is 13.2 Å². The number of carbonyl (C=O) groups excluding carboxylic acids is 2. The third-order valence-electron chi connectivity index (χ3n) is 4.78. The van der Waals surface area contributed by atoms with E-state index in [1.165, 1.54) is 48.9 Å². The number of hydrogen-bond donors (Lipinski definition) is 1. The predicted molar refractivity (Wildman–Crippen MR) is 119 cm³/mol. The van der Waals surface area contributed by atoms with Crippen LogP contribution in [0.4, 0.5) is 5.95 Å². The molecule has 0 spiro atoms. The molecular formula is C21H26N4O8S. The van der Waals surface area contributed by atoms with Crippen LogP contribution in [0, 0.1) is 0 Å². The first-order chi connectivity index (χ1) is 16.1. The second-order valence-electron chi connectivity index (χ2n) is 7.51. The minimum atomic E-state index is -3.84. The van der Waals surface area contributed by atoms with Gasteiger partial charge in [-0.3, -0.25) is 10.1 Å². The highest BCUT2D eigenvalue weighted by Crippen LogP contribution is 2.22. The normalized spacial score (nSPS) is 18.7. The number of esters is 1. The summed E-state index contributed by atoms with van der Waals surface area (Å²) < 4.78 is 48.0. The van der Waals surface area contributed by atoms with Crippen molar-refractivity contribution in [3.63, 3.8) is 0 Å². The highest BCUT2D eigenvalue weighted by atomic mass is 32.2. The number of anilines is 1. The Kier molecular flexibility index (Phi) is 8.02. The Bertz CT molecular complexity index is 1120. The van der Waals surface area contributed by atoms with Crippen molar-refractivity contribution in [3.8, 4) is 11.8 Å². The molecule has 1 aromatic carbocycles. The number of sulfonamides is 1. The maximum atomic E-state index is 13.0. The summed E-state index contributed by atoms with van der Waals surface area (Å²) in [5.41, 5.74) is -0.0115. The standard InChI is InChI=1S/C21H26N4O8S/c1-13-10-25(11-14(2)33-13)34(28,29)16-7-5-6-15(8-16)20(27)32-12-17(26)22-21-23-18(30-3)9-19(24-21)31-4/h5-9,13-14H,10-12H2,1-4H3,(H,22,23,24,26)/t13-,14-/m0/s1. The van der Waals surface area contributed by atoms with E-state index in [2.05, 4.69) is 15.3 Å². The van der Waals surface area contributed by atoms with Crippen LogP contribution in [0.3, 0.4) is 0 Å². The van der Waals surface area contributed by atoms with Gasteiger partial charge < -0.3 is 18.9 Å². The van der Waals surface area contributed by atoms with Crippen molar-refractivity contribution in [1.29, 1.82) is 0 Å². The van der Waals surface area contributed by atoms with Crippen molar-refractivity contribution >= 4 is 27.8 Å². The first kappa shape index (κ1) is 25.3. The number of hydrogen-bond acceptors (Lipinski definition) is 10. The van der Waals surface area contributed by atoms with Crippen LogP contribution in [0.15, 0.2) is 35.2 Å². The number of morpholine rings is 1. The van der Waals surface area contributed by atoms with Crippen LogP contribution < -0.4 is 14.8 Å². The molecule has 3 rings (SSSR count). The molecule has 12 nitrogen and oxygen atoms in total. The first-order valence-electron chi connectivity index (χ1n) is 10.3. The molecule has 0 aliphatic carbocycles. The van der Waals surface area contributed by atoms with Gasteiger partial charge in [0.15, 0.2) is 6.61 Å². The van der Waals surface area contributed by atoms with Gasteiger partial charge in [0.25, 0.3) is 5.91 Å². The van der Waals surface area contributed by atoms with E-state index >= 15 is 0 Å². The van der Waals surface area contributed by atoms with E-state index in [9.17, 15) is 18.0 Å². The molecule has 13 heteroatoms. The maximum Gasteiger partial charge on any atom is 0.338 e. The zero-order chi connectivity index (χ0) is 24.9. The van der Waals surface area contributed by atoms with Gasteiger partial charge in [0, 0.05) is 13.1 Å². The molecule has 1 N–H and O–H groups in total. The van der Waals surface area contributed by atoms with E-state index in [4.69, 9.17) is 18.9 Å². The number of methoxy groups -OCH3 is 2. The van der Waals surface area contributed by atoms with E-state index in [-0.39, 0.29) is 53.5 Å². The highest BCUT2D eigenvalue weighted by Gasteiger charge is 2.32.